The van der Waals surface area contributed by atoms with Crippen LogP contribution in [0.25, 0.3) is 11.0 Å². The third-order valence-corrected chi connectivity index (χ3v) is 5.19. The van der Waals surface area contributed by atoms with E-state index in [0.717, 1.165) is 22.3 Å². The average molecular weight is 435 g/mol. The van der Waals surface area contributed by atoms with Crippen molar-refractivity contribution in [2.75, 3.05) is 11.9 Å². The normalized spacial score (nSPS) is 11.3. The van der Waals surface area contributed by atoms with Gasteiger partial charge in [-0.1, -0.05) is 30.3 Å². The van der Waals surface area contributed by atoms with E-state index in [2.05, 4.69) is 15.4 Å². The molecule has 1 amide bonds. The third-order valence-electron chi connectivity index (χ3n) is 5.19. The van der Waals surface area contributed by atoms with E-state index in [-0.39, 0.29) is 24.6 Å². The second kappa shape index (κ2) is 9.23. The quantitative estimate of drug-likeness (QED) is 0.473. The maximum absolute atomic E-state index is 14.3. The van der Waals surface area contributed by atoms with Crippen LogP contribution in [0.15, 0.2) is 60.8 Å². The Morgan fingerprint density at radius 3 is 2.53 bits per heavy atom. The first-order valence-electron chi connectivity index (χ1n) is 10.2. The Labute approximate surface area is 184 Å². The van der Waals surface area contributed by atoms with E-state index >= 15 is 0 Å². The molecule has 0 aliphatic rings. The zero-order valence-corrected chi connectivity index (χ0v) is 17.8. The molecule has 0 saturated carbocycles. The molecule has 1 N–H and O–H groups in total. The van der Waals surface area contributed by atoms with Gasteiger partial charge in [0.05, 0.1) is 17.9 Å². The molecule has 0 fully saturated rings. The molecule has 0 aliphatic carbocycles. The van der Waals surface area contributed by atoms with Crippen LogP contribution in [-0.4, -0.2) is 32.1 Å². The van der Waals surface area contributed by atoms with Crippen molar-refractivity contribution < 1.29 is 13.6 Å². The van der Waals surface area contributed by atoms with Crippen LogP contribution < -0.4 is 5.32 Å². The molecular formula is C24H23F2N5O. The summed E-state index contributed by atoms with van der Waals surface area (Å²) in [6.45, 7) is 2.43. The van der Waals surface area contributed by atoms with Crippen molar-refractivity contribution >= 4 is 22.6 Å². The molecule has 2 heterocycles. The minimum Gasteiger partial charge on any atom is -0.322 e. The monoisotopic (exact) mass is 435 g/mol. The molecule has 0 unspecified atom stereocenters. The molecule has 32 heavy (non-hydrogen) atoms. The van der Waals surface area contributed by atoms with Crippen molar-refractivity contribution in [3.63, 3.8) is 0 Å². The minimum atomic E-state index is -0.511. The van der Waals surface area contributed by atoms with E-state index in [1.54, 1.807) is 46.1 Å². The SMILES string of the molecule is Cc1nn(C)c2ncc(CN(CC(=O)Nc3ccccc3F)Cc3ccccc3F)cc12. The summed E-state index contributed by atoms with van der Waals surface area (Å²) < 4.78 is 29.9. The first-order valence-corrected chi connectivity index (χ1v) is 10.2. The molecule has 4 rings (SSSR count). The maximum Gasteiger partial charge on any atom is 0.238 e. The van der Waals surface area contributed by atoms with Crippen molar-refractivity contribution in [3.05, 3.63) is 89.2 Å². The largest absolute Gasteiger partial charge is 0.322 e. The molecule has 0 bridgehead atoms. The van der Waals surface area contributed by atoms with Crippen LogP contribution in [0.4, 0.5) is 14.5 Å². The summed E-state index contributed by atoms with van der Waals surface area (Å²) in [5.74, 6) is -1.25. The topological polar surface area (TPSA) is 63.1 Å². The second-order valence-electron chi connectivity index (χ2n) is 7.69. The molecule has 8 heteroatoms. The number of hydrogen-bond acceptors (Lipinski definition) is 4. The number of pyridine rings is 1. The second-order valence-corrected chi connectivity index (χ2v) is 7.69. The Kier molecular flexibility index (Phi) is 6.23. The standard InChI is InChI=1S/C24H23F2N5O/c1-16-19-11-17(12-27-24(19)30(2)29-16)13-31(14-18-7-3-4-8-20(18)25)15-23(32)28-22-10-6-5-9-21(22)26/h3-12H,13-15H2,1-2H3,(H,28,32). The van der Waals surface area contributed by atoms with E-state index in [1.807, 2.05) is 20.0 Å². The summed E-state index contributed by atoms with van der Waals surface area (Å²) in [5, 5.41) is 7.90. The van der Waals surface area contributed by atoms with Crippen molar-refractivity contribution in [2.45, 2.75) is 20.0 Å². The molecule has 0 saturated heterocycles. The van der Waals surface area contributed by atoms with Gasteiger partial charge in [-0.25, -0.2) is 13.8 Å². The van der Waals surface area contributed by atoms with Crippen molar-refractivity contribution in [2.24, 2.45) is 7.05 Å². The zero-order chi connectivity index (χ0) is 22.7. The average Bonchev–Trinajstić information content (AvgIpc) is 3.04. The summed E-state index contributed by atoms with van der Waals surface area (Å²) >= 11 is 0. The number of nitrogens with zero attached hydrogens (tertiary/aromatic N) is 4. The lowest BCUT2D eigenvalue weighted by Crippen LogP contribution is -2.33. The van der Waals surface area contributed by atoms with Crippen molar-refractivity contribution in [3.8, 4) is 0 Å². The van der Waals surface area contributed by atoms with Gasteiger partial charge in [0.25, 0.3) is 0 Å². The number of carbonyl (C=O) groups is 1. The number of amides is 1. The Morgan fingerprint density at radius 2 is 1.78 bits per heavy atom. The molecule has 164 valence electrons. The third kappa shape index (κ3) is 4.81. The number of hydrogen-bond donors (Lipinski definition) is 1. The van der Waals surface area contributed by atoms with Crippen molar-refractivity contribution in [1.29, 1.82) is 0 Å². The molecule has 2 aromatic carbocycles. The Bertz CT molecular complexity index is 1270. The van der Waals surface area contributed by atoms with Crippen LogP contribution in [0.5, 0.6) is 0 Å². The Balaban J connectivity index is 1.57. The van der Waals surface area contributed by atoms with E-state index < -0.39 is 11.7 Å². The van der Waals surface area contributed by atoms with Gasteiger partial charge in [-0.15, -0.1) is 0 Å². The van der Waals surface area contributed by atoms with Crippen LogP contribution in [0.1, 0.15) is 16.8 Å². The minimum absolute atomic E-state index is 0.0489. The molecular weight excluding hydrogens is 412 g/mol. The van der Waals surface area contributed by atoms with Gasteiger partial charge >= 0.3 is 0 Å². The lowest BCUT2D eigenvalue weighted by molar-refractivity contribution is -0.117. The number of rotatable bonds is 7. The summed E-state index contributed by atoms with van der Waals surface area (Å²) in [7, 11) is 1.83. The smallest absolute Gasteiger partial charge is 0.238 e. The molecule has 0 spiro atoms. The van der Waals surface area contributed by atoms with Gasteiger partial charge in [0.1, 0.15) is 11.6 Å². The summed E-state index contributed by atoms with van der Waals surface area (Å²) in [6.07, 6.45) is 1.73. The summed E-state index contributed by atoms with van der Waals surface area (Å²) in [5.41, 5.74) is 3.07. The number of carbonyl (C=O) groups excluding carboxylic acids is 1. The van der Waals surface area contributed by atoms with Gasteiger partial charge in [-0.05, 0) is 36.8 Å². The van der Waals surface area contributed by atoms with Crippen LogP contribution in [0.3, 0.4) is 0 Å². The Hall–Kier alpha value is -3.65. The highest BCUT2D eigenvalue weighted by Gasteiger charge is 2.17. The number of nitrogens with one attached hydrogen (secondary N) is 1. The molecule has 0 radical (unpaired) electrons. The number of fused-ring (bicyclic) bond motifs is 1. The molecule has 4 aromatic rings. The summed E-state index contributed by atoms with van der Waals surface area (Å²) in [4.78, 5) is 19.0. The predicted octanol–water partition coefficient (Wildman–Crippen LogP) is 4.20. The van der Waals surface area contributed by atoms with Gasteiger partial charge in [0.15, 0.2) is 5.65 Å². The molecule has 2 aromatic heterocycles. The zero-order valence-electron chi connectivity index (χ0n) is 17.8. The lowest BCUT2D eigenvalue weighted by Gasteiger charge is -2.22. The van der Waals surface area contributed by atoms with Gasteiger partial charge in [-0.3, -0.25) is 14.4 Å². The first-order chi connectivity index (χ1) is 15.4. The van der Waals surface area contributed by atoms with Crippen LogP contribution in [0, 0.1) is 18.6 Å². The van der Waals surface area contributed by atoms with Gasteiger partial charge in [0, 0.05) is 37.3 Å². The fourth-order valence-electron chi connectivity index (χ4n) is 3.69. The molecule has 6 nitrogen and oxygen atoms in total. The number of para-hydroxylation sites is 1. The molecule has 0 atom stereocenters. The molecule has 0 aliphatic heterocycles. The van der Waals surface area contributed by atoms with E-state index in [1.165, 1.54) is 18.2 Å². The number of anilines is 1. The fraction of sp³-hybridized carbons (Fsp3) is 0.208. The first kappa shape index (κ1) is 21.6. The number of aromatic nitrogens is 3. The van der Waals surface area contributed by atoms with Crippen LogP contribution in [0.2, 0.25) is 0 Å². The summed E-state index contributed by atoms with van der Waals surface area (Å²) in [6, 6.07) is 14.4. The number of halogens is 2. The number of aryl methyl sites for hydroxylation is 2. The fourth-order valence-corrected chi connectivity index (χ4v) is 3.69. The van der Waals surface area contributed by atoms with E-state index in [4.69, 9.17) is 0 Å². The van der Waals surface area contributed by atoms with E-state index in [0.29, 0.717) is 12.1 Å². The van der Waals surface area contributed by atoms with Crippen LogP contribution >= 0.6 is 0 Å². The van der Waals surface area contributed by atoms with E-state index in [9.17, 15) is 13.6 Å². The maximum atomic E-state index is 14.3. The van der Waals surface area contributed by atoms with Crippen LogP contribution in [-0.2, 0) is 24.9 Å². The van der Waals surface area contributed by atoms with Gasteiger partial charge in [0.2, 0.25) is 5.91 Å². The highest BCUT2D eigenvalue weighted by Crippen LogP contribution is 2.19. The predicted molar refractivity (Wildman–Crippen MR) is 119 cm³/mol. The lowest BCUT2D eigenvalue weighted by atomic mass is 10.1. The highest BCUT2D eigenvalue weighted by atomic mass is 19.1. The van der Waals surface area contributed by atoms with Gasteiger partial charge in [-0.2, -0.15) is 5.10 Å². The highest BCUT2D eigenvalue weighted by molar-refractivity contribution is 5.92. The van der Waals surface area contributed by atoms with Crippen molar-refractivity contribution in [1.82, 2.24) is 19.7 Å². The number of benzene rings is 2. The Morgan fingerprint density at radius 1 is 1.06 bits per heavy atom. The van der Waals surface area contributed by atoms with Gasteiger partial charge < -0.3 is 5.32 Å².